The van der Waals surface area contributed by atoms with Gasteiger partial charge in [0.25, 0.3) is 0 Å². The molecule has 4 rings (SSSR count). The van der Waals surface area contributed by atoms with Crippen LogP contribution in [0.4, 0.5) is 0 Å². The fraction of sp³-hybridized carbons (Fsp3) is 0.952. The van der Waals surface area contributed by atoms with Crippen molar-refractivity contribution in [2.45, 2.75) is 70.6 Å². The van der Waals surface area contributed by atoms with E-state index in [4.69, 9.17) is 14.5 Å². The van der Waals surface area contributed by atoms with Gasteiger partial charge < -0.3 is 20.1 Å². The zero-order chi connectivity index (χ0) is 18.9. The Morgan fingerprint density at radius 2 is 1.93 bits per heavy atom. The third kappa shape index (κ3) is 3.60. The van der Waals surface area contributed by atoms with E-state index in [-0.39, 0.29) is 5.54 Å². The first kappa shape index (κ1) is 19.5. The molecule has 0 radical (unpaired) electrons. The van der Waals surface area contributed by atoms with Gasteiger partial charge in [-0.3, -0.25) is 9.89 Å². The van der Waals surface area contributed by atoms with E-state index in [9.17, 15) is 0 Å². The first-order valence-corrected chi connectivity index (χ1v) is 11.1. The molecule has 1 spiro atoms. The molecule has 2 aliphatic carbocycles. The minimum absolute atomic E-state index is 0.0514. The van der Waals surface area contributed by atoms with Crippen LogP contribution >= 0.6 is 0 Å². The molecular weight excluding hydrogens is 340 g/mol. The van der Waals surface area contributed by atoms with E-state index in [1.165, 1.54) is 32.1 Å². The minimum Gasteiger partial charge on any atom is -0.379 e. The van der Waals surface area contributed by atoms with Crippen molar-refractivity contribution in [2.75, 3.05) is 46.0 Å². The van der Waals surface area contributed by atoms with Crippen LogP contribution in [0.1, 0.15) is 52.9 Å². The van der Waals surface area contributed by atoms with Crippen LogP contribution in [0.5, 0.6) is 0 Å². The lowest BCUT2D eigenvalue weighted by Gasteiger charge is -2.57. The lowest BCUT2D eigenvalue weighted by Crippen LogP contribution is -2.69. The highest BCUT2D eigenvalue weighted by Gasteiger charge is 2.65. The Morgan fingerprint density at radius 3 is 2.63 bits per heavy atom. The standard InChI is InChI=1S/C21H38N4O2/c1-4-22-19(23-15-20(2,3)25-10-13-26-14-11-25)24-17-16-7-12-27-18(16)21(17)8-5-6-9-21/h16-18H,4-15H2,1-3H3,(H2,22,23,24). The van der Waals surface area contributed by atoms with E-state index in [1.807, 2.05) is 0 Å². The molecule has 0 aromatic carbocycles. The van der Waals surface area contributed by atoms with Gasteiger partial charge in [0.2, 0.25) is 0 Å². The molecule has 4 aliphatic rings. The number of nitrogens with one attached hydrogen (secondary N) is 2. The zero-order valence-corrected chi connectivity index (χ0v) is 17.4. The summed E-state index contributed by atoms with van der Waals surface area (Å²) < 4.78 is 11.6. The SMILES string of the molecule is CCNC(=NCC(C)(C)N1CCOCC1)NC1C2CCOC2C12CCCC2. The lowest BCUT2D eigenvalue weighted by molar-refractivity contribution is -0.125. The van der Waals surface area contributed by atoms with Gasteiger partial charge in [-0.1, -0.05) is 12.8 Å². The molecule has 27 heavy (non-hydrogen) atoms. The van der Waals surface area contributed by atoms with Crippen LogP contribution in [0.25, 0.3) is 0 Å². The Hall–Kier alpha value is -0.850. The summed E-state index contributed by atoms with van der Waals surface area (Å²) in [6, 6.07) is 0.525. The number of nitrogens with zero attached hydrogens (tertiary/aromatic N) is 2. The largest absolute Gasteiger partial charge is 0.379 e. The third-order valence-corrected chi connectivity index (χ3v) is 7.41. The molecule has 6 heteroatoms. The normalized spacial score (nSPS) is 33.7. The summed E-state index contributed by atoms with van der Waals surface area (Å²) in [5.41, 5.74) is 0.410. The Balaban J connectivity index is 1.43. The summed E-state index contributed by atoms with van der Waals surface area (Å²) in [6.07, 6.45) is 7.01. The molecule has 2 saturated carbocycles. The Labute approximate surface area is 164 Å². The van der Waals surface area contributed by atoms with Crippen molar-refractivity contribution < 1.29 is 9.47 Å². The second-order valence-electron chi connectivity index (χ2n) is 9.41. The minimum atomic E-state index is 0.0514. The molecule has 2 N–H and O–H groups in total. The van der Waals surface area contributed by atoms with E-state index in [2.05, 4.69) is 36.3 Å². The number of fused-ring (bicyclic) bond motifs is 2. The van der Waals surface area contributed by atoms with E-state index < -0.39 is 0 Å². The highest BCUT2D eigenvalue weighted by atomic mass is 16.5. The van der Waals surface area contributed by atoms with Crippen LogP contribution in [0.3, 0.4) is 0 Å². The summed E-state index contributed by atoms with van der Waals surface area (Å²) in [6.45, 7) is 13.0. The first-order valence-electron chi connectivity index (χ1n) is 11.1. The number of morpholine rings is 1. The van der Waals surface area contributed by atoms with E-state index in [1.54, 1.807) is 0 Å². The summed E-state index contributed by atoms with van der Waals surface area (Å²) in [7, 11) is 0. The topological polar surface area (TPSA) is 58.1 Å². The predicted molar refractivity (Wildman–Crippen MR) is 108 cm³/mol. The van der Waals surface area contributed by atoms with Gasteiger partial charge in [-0.15, -0.1) is 0 Å². The highest BCUT2D eigenvalue weighted by molar-refractivity contribution is 5.80. The maximum atomic E-state index is 6.14. The molecule has 2 saturated heterocycles. The second-order valence-corrected chi connectivity index (χ2v) is 9.41. The molecule has 0 aromatic heterocycles. The van der Waals surface area contributed by atoms with Crippen molar-refractivity contribution in [3.8, 4) is 0 Å². The molecular formula is C21H38N4O2. The predicted octanol–water partition coefficient (Wildman–Crippen LogP) is 2.00. The molecule has 4 fully saturated rings. The van der Waals surface area contributed by atoms with Crippen LogP contribution < -0.4 is 10.6 Å². The molecule has 154 valence electrons. The summed E-state index contributed by atoms with van der Waals surface area (Å²) >= 11 is 0. The van der Waals surface area contributed by atoms with Crippen molar-refractivity contribution in [2.24, 2.45) is 16.3 Å². The molecule has 0 bridgehead atoms. The van der Waals surface area contributed by atoms with Gasteiger partial charge in [0.15, 0.2) is 5.96 Å². The Kier molecular flexibility index (Phi) is 5.68. The molecule has 0 aromatic rings. The molecule has 2 heterocycles. The summed E-state index contributed by atoms with van der Waals surface area (Å²) in [4.78, 5) is 7.53. The zero-order valence-electron chi connectivity index (χ0n) is 17.4. The van der Waals surface area contributed by atoms with Gasteiger partial charge in [-0.2, -0.15) is 0 Å². The molecule has 2 aliphatic heterocycles. The van der Waals surface area contributed by atoms with Crippen molar-refractivity contribution >= 4 is 5.96 Å². The summed E-state index contributed by atoms with van der Waals surface area (Å²) in [5, 5.41) is 7.35. The average molecular weight is 379 g/mol. The maximum Gasteiger partial charge on any atom is 0.191 e. The van der Waals surface area contributed by atoms with Crippen LogP contribution in [0.15, 0.2) is 4.99 Å². The highest BCUT2D eigenvalue weighted by Crippen LogP contribution is 2.60. The number of hydrogen-bond donors (Lipinski definition) is 2. The van der Waals surface area contributed by atoms with E-state index >= 15 is 0 Å². The number of guanidine groups is 1. The second kappa shape index (κ2) is 7.88. The van der Waals surface area contributed by atoms with E-state index in [0.29, 0.717) is 23.5 Å². The Bertz CT molecular complexity index is 538. The van der Waals surface area contributed by atoms with Crippen molar-refractivity contribution in [1.29, 1.82) is 0 Å². The molecule has 3 atom stereocenters. The van der Waals surface area contributed by atoms with Crippen LogP contribution in [0.2, 0.25) is 0 Å². The van der Waals surface area contributed by atoms with Gasteiger partial charge in [-0.25, -0.2) is 0 Å². The van der Waals surface area contributed by atoms with Crippen LogP contribution in [-0.4, -0.2) is 74.5 Å². The third-order valence-electron chi connectivity index (χ3n) is 7.41. The average Bonchev–Trinajstić information content (AvgIpc) is 3.33. The quantitative estimate of drug-likeness (QED) is 0.566. The number of aliphatic imine (C=N–C) groups is 1. The first-order chi connectivity index (χ1) is 13.1. The number of hydrogen-bond acceptors (Lipinski definition) is 4. The van der Waals surface area contributed by atoms with Crippen LogP contribution in [-0.2, 0) is 9.47 Å². The summed E-state index contributed by atoms with van der Waals surface area (Å²) in [5.74, 6) is 1.65. The van der Waals surface area contributed by atoms with Crippen molar-refractivity contribution in [3.63, 3.8) is 0 Å². The Morgan fingerprint density at radius 1 is 1.19 bits per heavy atom. The van der Waals surface area contributed by atoms with Gasteiger partial charge in [-0.05, 0) is 40.0 Å². The fourth-order valence-electron chi connectivity index (χ4n) is 5.91. The number of ether oxygens (including phenoxy) is 2. The van der Waals surface area contributed by atoms with E-state index in [0.717, 1.165) is 52.0 Å². The van der Waals surface area contributed by atoms with Crippen LogP contribution in [0, 0.1) is 11.3 Å². The van der Waals surface area contributed by atoms with Gasteiger partial charge >= 0.3 is 0 Å². The van der Waals surface area contributed by atoms with Crippen molar-refractivity contribution in [3.05, 3.63) is 0 Å². The van der Waals surface area contributed by atoms with Gasteiger partial charge in [0.05, 0.1) is 25.9 Å². The van der Waals surface area contributed by atoms with Gasteiger partial charge in [0.1, 0.15) is 0 Å². The lowest BCUT2D eigenvalue weighted by atomic mass is 9.54. The molecule has 3 unspecified atom stereocenters. The van der Waals surface area contributed by atoms with Crippen molar-refractivity contribution in [1.82, 2.24) is 15.5 Å². The molecule has 0 amide bonds. The molecule has 6 nitrogen and oxygen atoms in total. The van der Waals surface area contributed by atoms with Gasteiger partial charge in [0, 0.05) is 49.2 Å². The monoisotopic (exact) mass is 378 g/mol. The fourth-order valence-corrected chi connectivity index (χ4v) is 5.91. The number of rotatable bonds is 5. The maximum absolute atomic E-state index is 6.14. The smallest absolute Gasteiger partial charge is 0.191 e.